The van der Waals surface area contributed by atoms with Crippen LogP contribution in [0.5, 0.6) is 5.88 Å². The summed E-state index contributed by atoms with van der Waals surface area (Å²) in [5, 5.41) is 4.40. The fourth-order valence-corrected chi connectivity index (χ4v) is 4.31. The molecule has 1 aliphatic heterocycles. The van der Waals surface area contributed by atoms with Crippen LogP contribution in [-0.2, 0) is 11.0 Å². The molecule has 2 aromatic heterocycles. The zero-order valence-corrected chi connectivity index (χ0v) is 19.0. The zero-order chi connectivity index (χ0) is 24.9. The van der Waals surface area contributed by atoms with Crippen LogP contribution in [0.1, 0.15) is 38.3 Å². The number of carbonyl (C=O) groups is 2. The van der Waals surface area contributed by atoms with Crippen molar-refractivity contribution in [2.45, 2.75) is 44.9 Å². The Kier molecular flexibility index (Phi) is 5.49. The molecule has 1 aromatic carbocycles. The Morgan fingerprint density at radius 2 is 1.89 bits per heavy atom. The van der Waals surface area contributed by atoms with E-state index in [4.69, 9.17) is 4.74 Å². The number of anilines is 2. The number of hydrogen-bond acceptors (Lipinski definition) is 5. The Balaban J connectivity index is 1.53. The van der Waals surface area contributed by atoms with Crippen LogP contribution >= 0.6 is 0 Å². The van der Waals surface area contributed by atoms with E-state index in [1.165, 1.54) is 11.8 Å². The average molecular weight is 485 g/mol. The van der Waals surface area contributed by atoms with Gasteiger partial charge in [-0.15, -0.1) is 0 Å². The molecule has 5 rings (SSSR count). The van der Waals surface area contributed by atoms with E-state index in [-0.39, 0.29) is 12.5 Å². The maximum Gasteiger partial charge on any atom is 0.421 e. The molecule has 0 radical (unpaired) electrons. The Morgan fingerprint density at radius 1 is 1.11 bits per heavy atom. The number of amides is 2. The lowest BCUT2D eigenvalue weighted by atomic mass is 10.0. The molecular formula is C24H22F3N5O3. The van der Waals surface area contributed by atoms with Crippen molar-refractivity contribution in [2.75, 3.05) is 16.3 Å². The first kappa shape index (κ1) is 22.9. The average Bonchev–Trinajstić information content (AvgIpc) is 3.54. The van der Waals surface area contributed by atoms with E-state index in [1.807, 2.05) is 16.9 Å². The number of pyridine rings is 1. The van der Waals surface area contributed by atoms with E-state index in [0.29, 0.717) is 17.4 Å². The summed E-state index contributed by atoms with van der Waals surface area (Å²) < 4.78 is 47.2. The number of carbonyl (C=O) groups excluding carboxylic acids is 2. The summed E-state index contributed by atoms with van der Waals surface area (Å²) in [6, 6.07) is 7.15. The third-order valence-electron chi connectivity index (χ3n) is 6.09. The smallest absolute Gasteiger partial charge is 0.390 e. The van der Waals surface area contributed by atoms with Crippen LogP contribution < -0.4 is 14.5 Å². The van der Waals surface area contributed by atoms with E-state index < -0.39 is 29.8 Å². The lowest BCUT2D eigenvalue weighted by molar-refractivity contribution is -0.138. The molecule has 182 valence electrons. The molecule has 3 aromatic rings. The van der Waals surface area contributed by atoms with Gasteiger partial charge in [0.2, 0.25) is 11.8 Å². The van der Waals surface area contributed by atoms with Crippen molar-refractivity contribution in [1.29, 1.82) is 0 Å². The van der Waals surface area contributed by atoms with Gasteiger partial charge in [-0.25, -0.2) is 9.78 Å². The molecule has 0 saturated heterocycles. The van der Waals surface area contributed by atoms with Gasteiger partial charge >= 0.3 is 12.3 Å². The van der Waals surface area contributed by atoms with Crippen molar-refractivity contribution in [1.82, 2.24) is 14.8 Å². The maximum absolute atomic E-state index is 13.4. The van der Waals surface area contributed by atoms with Crippen LogP contribution in [0.25, 0.3) is 11.1 Å². The number of benzene rings is 1. The summed E-state index contributed by atoms with van der Waals surface area (Å²) in [4.78, 5) is 32.0. The van der Waals surface area contributed by atoms with Gasteiger partial charge in [0.05, 0.1) is 29.7 Å². The lowest BCUT2D eigenvalue weighted by Gasteiger charge is -2.40. The number of rotatable bonds is 3. The molecular weight excluding hydrogens is 463 g/mol. The van der Waals surface area contributed by atoms with Crippen molar-refractivity contribution in [3.05, 3.63) is 54.5 Å². The summed E-state index contributed by atoms with van der Waals surface area (Å²) in [6.07, 6.45) is 1.15. The van der Waals surface area contributed by atoms with Crippen molar-refractivity contribution in [2.24, 2.45) is 0 Å². The van der Waals surface area contributed by atoms with E-state index >= 15 is 0 Å². The minimum Gasteiger partial charge on any atom is -0.390 e. The number of alkyl halides is 3. The van der Waals surface area contributed by atoms with Crippen molar-refractivity contribution >= 4 is 23.4 Å². The molecule has 3 heterocycles. The van der Waals surface area contributed by atoms with Gasteiger partial charge in [0, 0.05) is 31.4 Å². The van der Waals surface area contributed by atoms with Crippen LogP contribution in [0.15, 0.2) is 48.9 Å². The second-order valence-corrected chi connectivity index (χ2v) is 8.71. The third kappa shape index (κ3) is 4.33. The topological polar surface area (TPSA) is 80.6 Å². The van der Waals surface area contributed by atoms with Crippen LogP contribution in [0, 0.1) is 0 Å². The Morgan fingerprint density at radius 3 is 2.57 bits per heavy atom. The van der Waals surface area contributed by atoms with Gasteiger partial charge in [-0.1, -0.05) is 6.07 Å². The molecule has 0 N–H and O–H groups in total. The highest BCUT2D eigenvalue weighted by Gasteiger charge is 2.38. The molecule has 0 unspecified atom stereocenters. The number of nitrogens with zero attached hydrogens (tertiary/aromatic N) is 5. The number of aromatic nitrogens is 3. The first-order valence-electron chi connectivity index (χ1n) is 11.1. The standard InChI is InChI=1S/C24H22F3N5O3/c1-14-12-30(23(34)35-22-19(24(25,26)27)4-3-9-28-22)21-10-16(5-8-20(21)32(14)15(2)33)17-11-29-31(13-17)18-6-7-18/h3-5,8-11,13-14,18H,6-7,12H2,1-2H3/t14-/m0/s1. The fraction of sp³-hybridized carbons (Fsp3) is 0.333. The van der Waals surface area contributed by atoms with Crippen LogP contribution in [0.2, 0.25) is 0 Å². The highest BCUT2D eigenvalue weighted by atomic mass is 19.4. The first-order chi connectivity index (χ1) is 16.6. The molecule has 8 nitrogen and oxygen atoms in total. The van der Waals surface area contributed by atoms with Gasteiger partial charge in [-0.3, -0.25) is 14.4 Å². The van der Waals surface area contributed by atoms with Crippen molar-refractivity contribution in [3.8, 4) is 17.0 Å². The summed E-state index contributed by atoms with van der Waals surface area (Å²) in [7, 11) is 0. The van der Waals surface area contributed by atoms with Gasteiger partial charge in [-0.2, -0.15) is 18.3 Å². The molecule has 2 aliphatic rings. The highest BCUT2D eigenvalue weighted by Crippen LogP contribution is 2.41. The minimum absolute atomic E-state index is 0.0321. The first-order valence-corrected chi connectivity index (χ1v) is 11.1. The highest BCUT2D eigenvalue weighted by molar-refractivity contribution is 6.03. The summed E-state index contributed by atoms with van der Waals surface area (Å²) in [5.41, 5.74) is 1.24. The van der Waals surface area contributed by atoms with Gasteiger partial charge in [0.1, 0.15) is 5.56 Å². The largest absolute Gasteiger partial charge is 0.421 e. The number of fused-ring (bicyclic) bond motifs is 1. The van der Waals surface area contributed by atoms with E-state index in [9.17, 15) is 22.8 Å². The Bertz CT molecular complexity index is 1300. The normalized spacial score (nSPS) is 17.8. The zero-order valence-electron chi connectivity index (χ0n) is 19.0. The lowest BCUT2D eigenvalue weighted by Crippen LogP contribution is -2.52. The Labute approximate surface area is 198 Å². The molecule has 1 atom stereocenters. The molecule has 1 fully saturated rings. The monoisotopic (exact) mass is 485 g/mol. The number of ether oxygens (including phenoxy) is 1. The molecule has 35 heavy (non-hydrogen) atoms. The van der Waals surface area contributed by atoms with Crippen molar-refractivity contribution in [3.63, 3.8) is 0 Å². The summed E-state index contributed by atoms with van der Waals surface area (Å²) in [6.45, 7) is 3.20. The van der Waals surface area contributed by atoms with Gasteiger partial charge in [0.15, 0.2) is 0 Å². The number of halogens is 3. The van der Waals surface area contributed by atoms with Crippen LogP contribution in [-0.4, -0.2) is 39.4 Å². The summed E-state index contributed by atoms with van der Waals surface area (Å²) in [5.74, 6) is -1.04. The molecule has 1 aliphatic carbocycles. The second kappa shape index (κ2) is 8.40. The number of hydrogen-bond donors (Lipinski definition) is 0. The predicted molar refractivity (Wildman–Crippen MR) is 121 cm³/mol. The summed E-state index contributed by atoms with van der Waals surface area (Å²) >= 11 is 0. The molecule has 0 spiro atoms. The van der Waals surface area contributed by atoms with Crippen LogP contribution in [0.3, 0.4) is 0 Å². The van der Waals surface area contributed by atoms with Gasteiger partial charge in [-0.05, 0) is 49.6 Å². The molecule has 11 heteroatoms. The Hall–Kier alpha value is -3.89. The van der Waals surface area contributed by atoms with Gasteiger partial charge < -0.3 is 9.64 Å². The quantitative estimate of drug-likeness (QED) is 0.518. The SMILES string of the molecule is CC(=O)N1c2ccc(-c3cnn(C4CC4)c3)cc2N(C(=O)Oc2ncccc2C(F)(F)F)C[C@@H]1C. The molecule has 1 saturated carbocycles. The predicted octanol–water partition coefficient (Wildman–Crippen LogP) is 5.06. The molecule has 0 bridgehead atoms. The van der Waals surface area contributed by atoms with Crippen LogP contribution in [0.4, 0.5) is 29.3 Å². The maximum atomic E-state index is 13.4. The minimum atomic E-state index is -4.74. The van der Waals surface area contributed by atoms with E-state index in [0.717, 1.165) is 42.3 Å². The second-order valence-electron chi connectivity index (χ2n) is 8.71. The van der Waals surface area contributed by atoms with Crippen molar-refractivity contribution < 1.29 is 27.5 Å². The fourth-order valence-electron chi connectivity index (χ4n) is 4.31. The van der Waals surface area contributed by atoms with Gasteiger partial charge in [0.25, 0.3) is 0 Å². The van der Waals surface area contributed by atoms with E-state index in [2.05, 4.69) is 10.1 Å². The third-order valence-corrected chi connectivity index (χ3v) is 6.09. The van der Waals surface area contributed by atoms with E-state index in [1.54, 1.807) is 30.2 Å². The molecule has 2 amide bonds.